The number of hydrogen-bond donors (Lipinski definition) is 1. The fourth-order valence-electron chi connectivity index (χ4n) is 2.22. The van der Waals surface area contributed by atoms with E-state index in [1.807, 2.05) is 0 Å². The number of fused-ring (bicyclic) bond motifs is 3. The van der Waals surface area contributed by atoms with E-state index in [9.17, 15) is 0 Å². The van der Waals surface area contributed by atoms with Crippen LogP contribution in [0.1, 0.15) is 30.2 Å². The molecule has 0 radical (unpaired) electrons. The quantitative estimate of drug-likeness (QED) is 0.854. The number of rotatable bonds is 1. The Balaban J connectivity index is 2.20. The van der Waals surface area contributed by atoms with Gasteiger partial charge in [-0.05, 0) is 23.6 Å². The van der Waals surface area contributed by atoms with Crippen LogP contribution in [0.25, 0.3) is 11.3 Å². The number of benzene rings is 1. The van der Waals surface area contributed by atoms with Crippen molar-refractivity contribution in [1.82, 2.24) is 4.98 Å². The van der Waals surface area contributed by atoms with E-state index in [1.165, 1.54) is 10.4 Å². The molecule has 0 fully saturated rings. The number of anilines is 1. The lowest BCUT2D eigenvalue weighted by Crippen LogP contribution is -1.98. The molecule has 1 aromatic carbocycles. The molecule has 1 aromatic heterocycles. The summed E-state index contributed by atoms with van der Waals surface area (Å²) in [6.45, 7) is 5.08. The molecule has 2 aromatic rings. The highest BCUT2D eigenvalue weighted by Gasteiger charge is 2.20. The predicted molar refractivity (Wildman–Crippen MR) is 75.3 cm³/mol. The van der Waals surface area contributed by atoms with Crippen molar-refractivity contribution in [3.05, 3.63) is 28.6 Å². The first-order chi connectivity index (χ1) is 8.65. The third-order valence-corrected chi connectivity index (χ3v) is 4.17. The molecule has 0 aliphatic carbocycles. The third-order valence-electron chi connectivity index (χ3n) is 3.23. The second-order valence-corrected chi connectivity index (χ2v) is 5.95. The molecule has 1 aliphatic rings. The Morgan fingerprint density at radius 2 is 2.22 bits per heavy atom. The van der Waals surface area contributed by atoms with Crippen LogP contribution in [0.5, 0.6) is 5.75 Å². The van der Waals surface area contributed by atoms with E-state index >= 15 is 0 Å². The van der Waals surface area contributed by atoms with Gasteiger partial charge < -0.3 is 10.5 Å². The van der Waals surface area contributed by atoms with Gasteiger partial charge in [-0.25, -0.2) is 4.98 Å². The number of nitrogen functional groups attached to an aromatic ring is 1. The van der Waals surface area contributed by atoms with E-state index in [1.54, 1.807) is 11.3 Å². The van der Waals surface area contributed by atoms with Crippen molar-refractivity contribution in [2.45, 2.75) is 26.2 Å². The summed E-state index contributed by atoms with van der Waals surface area (Å²) in [5.74, 6) is 1.42. The van der Waals surface area contributed by atoms with E-state index in [0.717, 1.165) is 23.4 Å². The smallest absolute Gasteiger partial charge is 0.180 e. The molecule has 2 heterocycles. The molecule has 2 N–H and O–H groups in total. The summed E-state index contributed by atoms with van der Waals surface area (Å²) in [4.78, 5) is 5.70. The first-order valence-electron chi connectivity index (χ1n) is 6.17. The zero-order chi connectivity index (χ0) is 12.7. The van der Waals surface area contributed by atoms with Crippen molar-refractivity contribution in [2.75, 3.05) is 12.3 Å². The molecular formula is C14H16N2OS. The molecule has 0 unspecified atom stereocenters. The van der Waals surface area contributed by atoms with Crippen LogP contribution in [0.15, 0.2) is 18.2 Å². The van der Waals surface area contributed by atoms with E-state index in [4.69, 9.17) is 10.5 Å². The summed E-state index contributed by atoms with van der Waals surface area (Å²) < 4.78 is 5.79. The number of hydrogen-bond acceptors (Lipinski definition) is 4. The molecule has 0 atom stereocenters. The first kappa shape index (κ1) is 11.5. The van der Waals surface area contributed by atoms with Gasteiger partial charge in [0.05, 0.1) is 12.3 Å². The zero-order valence-corrected chi connectivity index (χ0v) is 11.4. The van der Waals surface area contributed by atoms with E-state index in [2.05, 4.69) is 37.0 Å². The maximum absolute atomic E-state index is 5.83. The molecule has 4 heteroatoms. The summed E-state index contributed by atoms with van der Waals surface area (Å²) in [6.07, 6.45) is 0.885. The lowest BCUT2D eigenvalue weighted by atomic mass is 9.98. The Labute approximate surface area is 111 Å². The number of thiazole rings is 1. The van der Waals surface area contributed by atoms with Gasteiger partial charge in [-0.2, -0.15) is 0 Å². The lowest BCUT2D eigenvalue weighted by Gasteiger charge is -2.11. The fraction of sp³-hybridized carbons (Fsp3) is 0.357. The van der Waals surface area contributed by atoms with Crippen molar-refractivity contribution in [1.29, 1.82) is 0 Å². The van der Waals surface area contributed by atoms with E-state index in [0.29, 0.717) is 17.7 Å². The second-order valence-electron chi connectivity index (χ2n) is 4.83. The topological polar surface area (TPSA) is 48.1 Å². The largest absolute Gasteiger partial charge is 0.493 e. The Kier molecular flexibility index (Phi) is 2.74. The van der Waals surface area contributed by atoms with Crippen LogP contribution in [-0.4, -0.2) is 11.6 Å². The zero-order valence-electron chi connectivity index (χ0n) is 10.6. The molecule has 1 aliphatic heterocycles. The van der Waals surface area contributed by atoms with E-state index < -0.39 is 0 Å². The molecule has 0 saturated heterocycles. The highest BCUT2D eigenvalue weighted by molar-refractivity contribution is 7.15. The molecule has 3 rings (SSSR count). The van der Waals surface area contributed by atoms with Gasteiger partial charge in [0.1, 0.15) is 5.75 Å². The van der Waals surface area contributed by atoms with Gasteiger partial charge in [-0.3, -0.25) is 0 Å². The maximum Gasteiger partial charge on any atom is 0.180 e. The monoisotopic (exact) mass is 260 g/mol. The summed E-state index contributed by atoms with van der Waals surface area (Å²) in [5.41, 5.74) is 9.23. The predicted octanol–water partition coefficient (Wildman–Crippen LogP) is 3.45. The number of nitrogens with two attached hydrogens (primary N) is 1. The fourth-order valence-corrected chi connectivity index (χ4v) is 3.05. The summed E-state index contributed by atoms with van der Waals surface area (Å²) in [7, 11) is 0. The molecule has 0 saturated carbocycles. The van der Waals surface area contributed by atoms with Crippen molar-refractivity contribution >= 4 is 16.5 Å². The van der Waals surface area contributed by atoms with Crippen LogP contribution in [0.3, 0.4) is 0 Å². The average molecular weight is 260 g/mol. The molecule has 18 heavy (non-hydrogen) atoms. The number of ether oxygens (including phenoxy) is 1. The van der Waals surface area contributed by atoms with Gasteiger partial charge in [0.15, 0.2) is 5.13 Å². The van der Waals surface area contributed by atoms with Gasteiger partial charge in [0.25, 0.3) is 0 Å². The minimum atomic E-state index is 0.498. The number of aromatic nitrogens is 1. The van der Waals surface area contributed by atoms with Gasteiger partial charge in [-0.15, -0.1) is 11.3 Å². The van der Waals surface area contributed by atoms with Crippen molar-refractivity contribution < 1.29 is 4.74 Å². The Morgan fingerprint density at radius 3 is 3.00 bits per heavy atom. The minimum Gasteiger partial charge on any atom is -0.493 e. The van der Waals surface area contributed by atoms with E-state index in [-0.39, 0.29) is 0 Å². The van der Waals surface area contributed by atoms with Crippen molar-refractivity contribution in [2.24, 2.45) is 0 Å². The average Bonchev–Trinajstić information content (AvgIpc) is 2.62. The normalized spacial score (nSPS) is 13.7. The van der Waals surface area contributed by atoms with Crippen molar-refractivity contribution in [3.63, 3.8) is 0 Å². The Morgan fingerprint density at radius 1 is 1.39 bits per heavy atom. The first-order valence-corrected chi connectivity index (χ1v) is 6.99. The van der Waals surface area contributed by atoms with Crippen LogP contribution in [-0.2, 0) is 6.42 Å². The van der Waals surface area contributed by atoms with Crippen LogP contribution in [0, 0.1) is 0 Å². The van der Waals surface area contributed by atoms with Crippen LogP contribution >= 0.6 is 11.3 Å². The maximum atomic E-state index is 5.83. The van der Waals surface area contributed by atoms with Gasteiger partial charge in [0.2, 0.25) is 0 Å². The molecule has 0 bridgehead atoms. The SMILES string of the molecule is CC(C)c1ccc2c(c1)-c1nc(N)sc1CCO2. The van der Waals surface area contributed by atoms with Gasteiger partial charge in [0, 0.05) is 16.9 Å². The standard InChI is InChI=1S/C14H16N2OS/c1-8(2)9-3-4-11-10(7-9)13-12(5-6-17-11)18-14(15)16-13/h3-4,7-8H,5-6H2,1-2H3,(H2,15,16). The molecule has 0 spiro atoms. The second kappa shape index (κ2) is 4.28. The molecule has 0 amide bonds. The highest BCUT2D eigenvalue weighted by Crippen LogP contribution is 2.39. The molecule has 94 valence electrons. The molecule has 3 nitrogen and oxygen atoms in total. The van der Waals surface area contributed by atoms with Gasteiger partial charge in [-0.1, -0.05) is 19.9 Å². The summed E-state index contributed by atoms with van der Waals surface area (Å²) >= 11 is 1.57. The molecular weight excluding hydrogens is 244 g/mol. The highest BCUT2D eigenvalue weighted by atomic mass is 32.1. The van der Waals surface area contributed by atoms with Crippen molar-refractivity contribution in [3.8, 4) is 17.0 Å². The summed E-state index contributed by atoms with van der Waals surface area (Å²) in [6, 6.07) is 6.36. The number of nitrogens with zero attached hydrogens (tertiary/aromatic N) is 1. The third kappa shape index (κ3) is 1.86. The summed E-state index contributed by atoms with van der Waals surface area (Å²) in [5, 5.41) is 0.641. The Hall–Kier alpha value is -1.55. The van der Waals surface area contributed by atoms with Crippen LogP contribution < -0.4 is 10.5 Å². The van der Waals surface area contributed by atoms with Crippen LogP contribution in [0.2, 0.25) is 0 Å². The minimum absolute atomic E-state index is 0.498. The lowest BCUT2D eigenvalue weighted by molar-refractivity contribution is 0.327. The van der Waals surface area contributed by atoms with Gasteiger partial charge >= 0.3 is 0 Å². The van der Waals surface area contributed by atoms with Crippen LogP contribution in [0.4, 0.5) is 5.13 Å². The Bertz CT molecular complexity index is 589.